The van der Waals surface area contributed by atoms with Crippen molar-refractivity contribution in [3.05, 3.63) is 35.4 Å². The van der Waals surface area contributed by atoms with Crippen LogP contribution in [-0.2, 0) is 0 Å². The lowest BCUT2D eigenvalue weighted by atomic mass is 10.0. The Morgan fingerprint density at radius 1 is 1.27 bits per heavy atom. The maximum absolute atomic E-state index is 12.4. The van der Waals surface area contributed by atoms with Gasteiger partial charge in [0.2, 0.25) is 0 Å². The third-order valence-corrected chi connectivity index (χ3v) is 2.34. The first-order valence-corrected chi connectivity index (χ1v) is 4.59. The lowest BCUT2D eigenvalue weighted by molar-refractivity contribution is -0.132. The van der Waals surface area contributed by atoms with Crippen molar-refractivity contribution in [3.8, 4) is 0 Å². The fraction of sp³-hybridized carbons (Fsp3) is 0.273. The summed E-state index contributed by atoms with van der Waals surface area (Å²) in [6.07, 6.45) is -1.59. The van der Waals surface area contributed by atoms with Crippen LogP contribution in [0, 0.1) is 6.92 Å². The van der Waals surface area contributed by atoms with Crippen LogP contribution in [0.1, 0.15) is 11.1 Å². The van der Waals surface area contributed by atoms with Crippen LogP contribution in [0.3, 0.4) is 0 Å². The summed E-state index contributed by atoms with van der Waals surface area (Å²) in [6, 6.07) is 3.74. The molecule has 1 N–H and O–H groups in total. The topological polar surface area (TPSA) is 12.0 Å². The maximum Gasteiger partial charge on any atom is 0.412 e. The van der Waals surface area contributed by atoms with Crippen LogP contribution in [0.25, 0.3) is 6.08 Å². The van der Waals surface area contributed by atoms with E-state index in [1.807, 2.05) is 13.0 Å². The van der Waals surface area contributed by atoms with E-state index in [4.69, 9.17) is 0 Å². The minimum atomic E-state index is -4.24. The number of anilines is 1. The molecule has 1 aliphatic heterocycles. The van der Waals surface area contributed by atoms with E-state index in [1.54, 1.807) is 12.1 Å². The van der Waals surface area contributed by atoms with Gasteiger partial charge in [0.05, 0.1) is 0 Å². The van der Waals surface area contributed by atoms with E-state index >= 15 is 0 Å². The van der Waals surface area contributed by atoms with E-state index in [2.05, 4.69) is 5.32 Å². The smallest absolute Gasteiger partial charge is 0.370 e. The fourth-order valence-electron chi connectivity index (χ4n) is 1.56. The molecule has 0 aliphatic carbocycles. The van der Waals surface area contributed by atoms with E-state index in [0.717, 1.165) is 17.2 Å². The highest BCUT2D eigenvalue weighted by Crippen LogP contribution is 2.31. The quantitative estimate of drug-likeness (QED) is 0.696. The van der Waals surface area contributed by atoms with Crippen LogP contribution >= 0.6 is 0 Å². The molecule has 1 aromatic rings. The molecule has 2 rings (SSSR count). The van der Waals surface area contributed by atoms with Gasteiger partial charge in [-0.05, 0) is 24.6 Å². The van der Waals surface area contributed by atoms with Crippen molar-refractivity contribution in [1.82, 2.24) is 0 Å². The van der Waals surface area contributed by atoms with Gasteiger partial charge in [0.15, 0.2) is 0 Å². The number of alkyl halides is 3. The number of rotatable bonds is 0. The van der Waals surface area contributed by atoms with Gasteiger partial charge in [0.25, 0.3) is 0 Å². The highest BCUT2D eigenvalue weighted by Gasteiger charge is 2.39. The Morgan fingerprint density at radius 3 is 2.67 bits per heavy atom. The first kappa shape index (κ1) is 10.1. The lowest BCUT2D eigenvalue weighted by Gasteiger charge is -2.24. The van der Waals surface area contributed by atoms with E-state index < -0.39 is 12.2 Å². The predicted octanol–water partition coefficient (Wildman–Crippen LogP) is 3.36. The molecule has 0 fully saturated rings. The van der Waals surface area contributed by atoms with Crippen LogP contribution in [0.5, 0.6) is 0 Å². The number of nitrogens with one attached hydrogen (secondary N) is 1. The van der Waals surface area contributed by atoms with Gasteiger partial charge in [-0.25, -0.2) is 0 Å². The molecule has 80 valence electrons. The number of halogens is 3. The lowest BCUT2D eigenvalue weighted by Crippen LogP contribution is -2.35. The standard InChI is InChI=1S/C11H10F3N/c1-7-2-4-9-8(6-7)3-5-10(15-9)11(12,13)14/h2-6,10,15H,1H3. The molecule has 0 aromatic heterocycles. The third kappa shape index (κ3) is 1.98. The average Bonchev–Trinajstić information content (AvgIpc) is 2.15. The van der Waals surface area contributed by atoms with Gasteiger partial charge in [0, 0.05) is 5.69 Å². The molecule has 1 atom stereocenters. The minimum Gasteiger partial charge on any atom is -0.370 e. The number of hydrogen-bond donors (Lipinski definition) is 1. The monoisotopic (exact) mass is 213 g/mol. The Bertz CT molecular complexity index is 407. The summed E-state index contributed by atoms with van der Waals surface area (Å²) in [5.41, 5.74) is 2.37. The van der Waals surface area contributed by atoms with Gasteiger partial charge in [-0.15, -0.1) is 0 Å². The van der Waals surface area contributed by atoms with Crippen molar-refractivity contribution >= 4 is 11.8 Å². The molecule has 1 aliphatic rings. The number of benzene rings is 1. The van der Waals surface area contributed by atoms with Crippen molar-refractivity contribution in [2.24, 2.45) is 0 Å². The van der Waals surface area contributed by atoms with E-state index in [1.165, 1.54) is 6.08 Å². The van der Waals surface area contributed by atoms with Crippen LogP contribution in [0.2, 0.25) is 0 Å². The van der Waals surface area contributed by atoms with Crippen LogP contribution in [-0.4, -0.2) is 12.2 Å². The van der Waals surface area contributed by atoms with Gasteiger partial charge in [-0.2, -0.15) is 13.2 Å². The van der Waals surface area contributed by atoms with Crippen molar-refractivity contribution in [1.29, 1.82) is 0 Å². The van der Waals surface area contributed by atoms with E-state index in [0.29, 0.717) is 5.69 Å². The van der Waals surface area contributed by atoms with Gasteiger partial charge < -0.3 is 5.32 Å². The number of aryl methyl sites for hydroxylation is 1. The molecule has 1 aromatic carbocycles. The molecular formula is C11H10F3N. The minimum absolute atomic E-state index is 0.533. The normalized spacial score (nSPS) is 19.6. The Balaban J connectivity index is 2.32. The van der Waals surface area contributed by atoms with Gasteiger partial charge in [-0.1, -0.05) is 23.8 Å². The molecule has 0 saturated heterocycles. The van der Waals surface area contributed by atoms with Gasteiger partial charge in [-0.3, -0.25) is 0 Å². The fourth-order valence-corrected chi connectivity index (χ4v) is 1.56. The maximum atomic E-state index is 12.4. The molecule has 0 bridgehead atoms. The molecule has 4 heteroatoms. The second-order valence-electron chi connectivity index (χ2n) is 3.61. The molecule has 1 unspecified atom stereocenters. The molecular weight excluding hydrogens is 203 g/mol. The SMILES string of the molecule is Cc1ccc2c(c1)C=CC(C(F)(F)F)N2. The Hall–Kier alpha value is -1.45. The Labute approximate surface area is 85.6 Å². The summed E-state index contributed by atoms with van der Waals surface area (Å²) in [6.45, 7) is 1.91. The van der Waals surface area contributed by atoms with Crippen molar-refractivity contribution in [3.63, 3.8) is 0 Å². The van der Waals surface area contributed by atoms with Crippen molar-refractivity contribution in [2.45, 2.75) is 19.1 Å². The van der Waals surface area contributed by atoms with Crippen molar-refractivity contribution in [2.75, 3.05) is 5.32 Å². The summed E-state index contributed by atoms with van der Waals surface area (Å²) in [5.74, 6) is 0. The van der Waals surface area contributed by atoms with Crippen LogP contribution < -0.4 is 5.32 Å². The first-order valence-electron chi connectivity index (χ1n) is 4.59. The zero-order chi connectivity index (χ0) is 11.1. The summed E-state index contributed by atoms with van der Waals surface area (Å²) in [7, 11) is 0. The Kier molecular flexibility index (Phi) is 2.21. The summed E-state index contributed by atoms with van der Waals surface area (Å²) in [4.78, 5) is 0. The summed E-state index contributed by atoms with van der Waals surface area (Å²) in [5, 5.41) is 2.45. The van der Waals surface area contributed by atoms with Crippen molar-refractivity contribution < 1.29 is 13.2 Å². The van der Waals surface area contributed by atoms with Crippen LogP contribution in [0.4, 0.5) is 18.9 Å². The second kappa shape index (κ2) is 3.29. The highest BCUT2D eigenvalue weighted by atomic mass is 19.4. The van der Waals surface area contributed by atoms with Gasteiger partial charge >= 0.3 is 6.18 Å². The first-order chi connectivity index (χ1) is 6.97. The molecule has 0 radical (unpaired) electrons. The number of fused-ring (bicyclic) bond motifs is 1. The summed E-state index contributed by atoms with van der Waals surface area (Å²) >= 11 is 0. The third-order valence-electron chi connectivity index (χ3n) is 2.34. The predicted molar refractivity (Wildman–Crippen MR) is 53.7 cm³/mol. The molecule has 0 saturated carbocycles. The second-order valence-corrected chi connectivity index (χ2v) is 3.61. The average molecular weight is 213 g/mol. The van der Waals surface area contributed by atoms with Gasteiger partial charge in [0.1, 0.15) is 6.04 Å². The zero-order valence-corrected chi connectivity index (χ0v) is 8.10. The Morgan fingerprint density at radius 2 is 2.00 bits per heavy atom. The zero-order valence-electron chi connectivity index (χ0n) is 8.10. The molecule has 0 spiro atoms. The number of hydrogen-bond acceptors (Lipinski definition) is 1. The highest BCUT2D eigenvalue weighted by molar-refractivity contribution is 5.71. The van der Waals surface area contributed by atoms with E-state index in [9.17, 15) is 13.2 Å². The molecule has 15 heavy (non-hydrogen) atoms. The molecule has 0 amide bonds. The van der Waals surface area contributed by atoms with E-state index in [-0.39, 0.29) is 0 Å². The van der Waals surface area contributed by atoms with Crippen LogP contribution in [0.15, 0.2) is 24.3 Å². The largest absolute Gasteiger partial charge is 0.412 e. The molecule has 1 heterocycles. The molecule has 1 nitrogen and oxygen atoms in total. The summed E-state index contributed by atoms with van der Waals surface area (Å²) < 4.78 is 37.2.